The third-order valence-corrected chi connectivity index (χ3v) is 5.01. The van der Waals surface area contributed by atoms with Crippen molar-refractivity contribution in [1.29, 1.82) is 0 Å². The Kier molecular flexibility index (Phi) is 76.3. The molecule has 0 aliphatic heterocycles. The number of aliphatic carboxylic acids is 12. The molecule has 16 N–H and O–H groups in total. The van der Waals surface area contributed by atoms with E-state index in [1.807, 2.05) is 0 Å². The largest absolute Gasteiger partial charge is 3.00 e. The second-order valence-electron chi connectivity index (χ2n) is 9.96. The van der Waals surface area contributed by atoms with Crippen LogP contribution in [0.1, 0.15) is 51.4 Å². The van der Waals surface area contributed by atoms with E-state index in [9.17, 15) is 119 Å². The number of carbonyl (C=O) groups excluding carboxylic acids is 15. The summed E-state index contributed by atoms with van der Waals surface area (Å²) in [7, 11) is 0. The van der Waals surface area contributed by atoms with Crippen LogP contribution in [0.2, 0.25) is 0 Å². The van der Waals surface area contributed by atoms with E-state index in [4.69, 9.17) is 50.1 Å². The first-order valence-corrected chi connectivity index (χ1v) is 13.9. The van der Waals surface area contributed by atoms with E-state index in [0.29, 0.717) is 0 Å². The van der Waals surface area contributed by atoms with E-state index in [2.05, 4.69) is 0 Å². The van der Waals surface area contributed by atoms with Gasteiger partial charge in [0.1, 0.15) is 22.4 Å². The molecule has 0 rings (SSSR count). The first kappa shape index (κ1) is 100. The van der Waals surface area contributed by atoms with Crippen LogP contribution in [-0.2, 0) is 140 Å². The van der Waals surface area contributed by atoms with Crippen LogP contribution in [0.5, 0.6) is 0 Å². The average molecular weight is 1170 g/mol. The Labute approximate surface area is 419 Å². The topological polar surface area (TPSA) is 792 Å². The van der Waals surface area contributed by atoms with Crippen LogP contribution in [0.15, 0.2) is 0 Å². The Hall–Kier alpha value is -6.14. The number of hydrogen-bond acceptors (Lipinski definition) is 34. The van der Waals surface area contributed by atoms with Gasteiger partial charge in [-0.2, -0.15) is 0 Å². The number of hydrogen-bond donors (Lipinski definition) is 7. The molecular weight excluding hydrogens is 1130 g/mol. The molecule has 4 radical (unpaired) electrons. The van der Waals surface area contributed by atoms with Crippen molar-refractivity contribution in [1.82, 2.24) is 18.5 Å². The Bertz CT molecular complexity index is 1300. The summed E-state index contributed by atoms with van der Waals surface area (Å²) in [5.74, 6) is -23.9. The fourth-order valence-electron chi connectivity index (χ4n) is 2.74. The molecule has 68 heavy (non-hydrogen) atoms. The summed E-state index contributed by atoms with van der Waals surface area (Å²) in [6, 6.07) is 0. The van der Waals surface area contributed by atoms with Gasteiger partial charge in [-0.1, -0.05) is 0 Å². The van der Waals surface area contributed by atoms with Crippen molar-refractivity contribution in [2.24, 2.45) is 0 Å². The molecule has 0 amide bonds. The van der Waals surface area contributed by atoms with E-state index in [1.165, 1.54) is 0 Å². The van der Waals surface area contributed by atoms with Gasteiger partial charge in [-0.3, -0.25) is 0 Å². The number of carboxylic acid groups (broad SMARTS) is 15. The predicted molar refractivity (Wildman–Crippen MR) is 153 cm³/mol. The zero-order valence-corrected chi connectivity index (χ0v) is 38.5. The van der Waals surface area contributed by atoms with Gasteiger partial charge in [0.25, 0.3) is 0 Å². The Morgan fingerprint density at radius 3 is 0.382 bits per heavy atom. The summed E-state index contributed by atoms with van der Waals surface area (Å²) in [4.78, 5) is 145. The Morgan fingerprint density at radius 1 is 0.294 bits per heavy atom. The van der Waals surface area contributed by atoms with Crippen LogP contribution >= 0.6 is 0 Å². The zero-order chi connectivity index (χ0) is 50.7. The van der Waals surface area contributed by atoms with Crippen molar-refractivity contribution in [2.75, 3.05) is 0 Å². The average Bonchev–Trinajstić information content (AvgIpc) is 3.00. The van der Waals surface area contributed by atoms with Crippen LogP contribution in [0.4, 0.5) is 0 Å². The van der Waals surface area contributed by atoms with Crippen LogP contribution in [0, 0.1) is 0 Å². The predicted octanol–water partition coefficient (Wildman–Crippen LogP) is -24.8. The summed E-state index contributed by atoms with van der Waals surface area (Å²) in [5, 5.41) is 180. The number of aliphatic hydroxyl groups is 4. The molecule has 0 aromatic heterocycles. The number of carbonyl (C=O) groups is 15. The standard InChI is InChI=1S/4C6H8O7.3CH2O2.Cr.3Fe.3H3N/c4*7-3(8)1-6(13,5(11)12)2-4(9)10;3*2-1-3;;;;;;;/h4*13H,1-2H2,(H,7,8)(H,9,10)(H,11,12);3*1H,(H,2,3);;;;;3*1H3/q;;;;;;;4*+3;;;/p-12. The Morgan fingerprint density at radius 2 is 0.353 bits per heavy atom. The molecule has 0 unspecified atom stereocenters. The van der Waals surface area contributed by atoms with E-state index in [-0.39, 0.29) is 87.0 Å². The van der Waals surface area contributed by atoms with Gasteiger partial charge < -0.3 is 187 Å². The van der Waals surface area contributed by atoms with Gasteiger partial charge in [0, 0.05) is 119 Å². The molecule has 0 aromatic rings. The molecule has 37 nitrogen and oxygen atoms in total. The Balaban J connectivity index is -0.0000000434. The van der Waals surface area contributed by atoms with Gasteiger partial charge in [-0.05, 0) is 0 Å². The summed E-state index contributed by atoms with van der Waals surface area (Å²) in [6.07, 6.45) is -10.9. The maximum Gasteiger partial charge on any atom is 3.00 e. The van der Waals surface area contributed by atoms with Crippen LogP contribution in [0.3, 0.4) is 0 Å². The van der Waals surface area contributed by atoms with E-state index in [1.54, 1.807) is 0 Å². The summed E-state index contributed by atoms with van der Waals surface area (Å²) >= 11 is 0. The number of quaternary nitrogens is 3. The summed E-state index contributed by atoms with van der Waals surface area (Å²) in [6.45, 7) is -1.50. The monoisotopic (exact) mass is 1160 g/mol. The van der Waals surface area contributed by atoms with Crippen molar-refractivity contribution < 1.29 is 238 Å². The van der Waals surface area contributed by atoms with Gasteiger partial charge in [0.2, 0.25) is 0 Å². The quantitative estimate of drug-likeness (QED) is 0.0440. The molecule has 0 spiro atoms. The molecule has 0 saturated carbocycles. The van der Waals surface area contributed by atoms with Crippen molar-refractivity contribution >= 4 is 91.0 Å². The van der Waals surface area contributed by atoms with Gasteiger partial charge in [-0.15, -0.1) is 0 Å². The maximum atomic E-state index is 10.1. The van der Waals surface area contributed by atoms with Gasteiger partial charge in [0.15, 0.2) is 0 Å². The van der Waals surface area contributed by atoms with Crippen molar-refractivity contribution in [2.45, 2.75) is 73.8 Å². The number of carboxylic acids is 12. The molecular formula is C27H35CrFe3N3O34. The van der Waals surface area contributed by atoms with Gasteiger partial charge in [-0.25, -0.2) is 0 Å². The molecule has 0 aliphatic carbocycles. The minimum Gasteiger partial charge on any atom is -0.554 e. The molecule has 0 fully saturated rings. The maximum absolute atomic E-state index is 10.1. The fraction of sp³-hybridized carbons (Fsp3) is 0.444. The molecule has 0 bridgehead atoms. The summed E-state index contributed by atoms with van der Waals surface area (Å²) < 4.78 is 0. The normalized spacial score (nSPS) is 8.82. The van der Waals surface area contributed by atoms with Gasteiger partial charge in [0.05, 0.1) is 23.9 Å². The fourth-order valence-corrected chi connectivity index (χ4v) is 2.74. The number of rotatable bonds is 20. The van der Waals surface area contributed by atoms with Gasteiger partial charge >= 0.3 is 68.6 Å². The molecule has 0 aliphatic rings. The molecule has 0 heterocycles. The minimum absolute atomic E-state index is 0. The van der Waals surface area contributed by atoms with Crippen LogP contribution in [-0.4, -0.2) is 134 Å². The van der Waals surface area contributed by atoms with Crippen LogP contribution in [0.25, 0.3) is 0 Å². The van der Waals surface area contributed by atoms with E-state index >= 15 is 0 Å². The molecule has 0 aromatic carbocycles. The summed E-state index contributed by atoms with van der Waals surface area (Å²) in [5.41, 5.74) is -11.9. The molecule has 0 atom stereocenters. The van der Waals surface area contributed by atoms with E-state index in [0.717, 1.165) is 0 Å². The smallest absolute Gasteiger partial charge is 0.554 e. The van der Waals surface area contributed by atoms with Crippen molar-refractivity contribution in [3.63, 3.8) is 0 Å². The first-order chi connectivity index (χ1) is 27.3. The third kappa shape index (κ3) is 61.9. The van der Waals surface area contributed by atoms with Crippen LogP contribution < -0.4 is 95.0 Å². The first-order valence-electron chi connectivity index (χ1n) is 13.9. The minimum atomic E-state index is -2.97. The second kappa shape index (κ2) is 51.8. The molecule has 392 valence electrons. The molecule has 41 heteroatoms. The second-order valence-corrected chi connectivity index (χ2v) is 9.96. The zero-order valence-electron chi connectivity index (χ0n) is 33.9. The molecule has 0 saturated heterocycles. The SMILES string of the molecule is O=C([O-])CC(O)(CC(=O)[O-])C(=O)[O-].O=C([O-])CC(O)(CC(=O)[O-])C(=O)[O-].O=C([O-])CC(O)(CC(=O)[O-])C(=O)[O-].O=C([O-])CC(O)(CC(=O)[O-])C(=O)[O-].O=C[O-].O=C[O-].O=C[O-].[Cr+3].[Fe+3].[Fe+3].[Fe+3].[NH4+].[NH4+].[NH4+]. The third-order valence-electron chi connectivity index (χ3n) is 5.01. The van der Waals surface area contributed by atoms with Crippen molar-refractivity contribution in [3.8, 4) is 0 Å². The van der Waals surface area contributed by atoms with E-state index < -0.39 is 165 Å². The van der Waals surface area contributed by atoms with Crippen molar-refractivity contribution in [3.05, 3.63) is 0 Å².